The van der Waals surface area contributed by atoms with Gasteiger partial charge in [-0.05, 0) is 11.6 Å². The number of rotatable bonds is 5. The molecule has 0 aliphatic carbocycles. The number of hydrogen-bond donors (Lipinski definition) is 3. The van der Waals surface area contributed by atoms with Gasteiger partial charge in [0, 0.05) is 41.7 Å². The summed E-state index contributed by atoms with van der Waals surface area (Å²) in [6.07, 6.45) is -0.426. The van der Waals surface area contributed by atoms with Crippen LogP contribution in [0, 0.1) is 0 Å². The SMILES string of the molecule is CC(c1cccc(C(=O)c2ccccc2)c1)c1nsc(N=C2NCC(O)CN2)n1.Cl. The summed E-state index contributed by atoms with van der Waals surface area (Å²) in [5.41, 5.74) is 2.28. The first-order valence-corrected chi connectivity index (χ1v) is 10.2. The standard InChI is InChI=1S/C21H21N5O2S.ClH/c1-13(19-24-21(29-26-19)25-20-22-11-17(27)12-23-20)15-8-5-9-16(10-15)18(28)14-6-3-2-4-7-14;/h2-10,13,17,27H,11-12H2,1H3,(H2,22,23,24,25,26);1H. The fourth-order valence-corrected chi connectivity index (χ4v) is 3.68. The number of aliphatic imine (C=N–C) groups is 1. The molecule has 2 aromatic carbocycles. The molecule has 1 fully saturated rings. The van der Waals surface area contributed by atoms with Crippen molar-refractivity contribution in [3.05, 3.63) is 77.1 Å². The van der Waals surface area contributed by atoms with Gasteiger partial charge in [0.2, 0.25) is 5.13 Å². The Hall–Kier alpha value is -2.81. The number of carbonyl (C=O) groups is 1. The third kappa shape index (κ3) is 5.02. The highest BCUT2D eigenvalue weighted by Gasteiger charge is 2.18. The number of benzene rings is 2. The number of nitrogens with one attached hydrogen (secondary N) is 2. The van der Waals surface area contributed by atoms with E-state index in [9.17, 15) is 9.90 Å². The third-order valence-electron chi connectivity index (χ3n) is 4.72. The Kier molecular flexibility index (Phi) is 7.15. The van der Waals surface area contributed by atoms with Gasteiger partial charge in [0.15, 0.2) is 17.6 Å². The Bertz CT molecular complexity index is 1030. The molecule has 4 rings (SSSR count). The van der Waals surface area contributed by atoms with Crippen molar-refractivity contribution in [3.63, 3.8) is 0 Å². The lowest BCUT2D eigenvalue weighted by molar-refractivity contribution is 0.103. The van der Waals surface area contributed by atoms with E-state index in [4.69, 9.17) is 0 Å². The van der Waals surface area contributed by atoms with Crippen LogP contribution in [0.5, 0.6) is 0 Å². The summed E-state index contributed by atoms with van der Waals surface area (Å²) < 4.78 is 4.44. The van der Waals surface area contributed by atoms with Crippen LogP contribution in [0.4, 0.5) is 5.13 Å². The van der Waals surface area contributed by atoms with E-state index < -0.39 is 6.10 Å². The van der Waals surface area contributed by atoms with E-state index in [0.29, 0.717) is 41.1 Å². The normalized spacial score (nSPS) is 16.6. The van der Waals surface area contributed by atoms with Gasteiger partial charge in [-0.25, -0.2) is 4.98 Å². The number of carbonyl (C=O) groups excluding carboxylic acids is 1. The van der Waals surface area contributed by atoms with Crippen LogP contribution >= 0.6 is 23.9 Å². The maximum atomic E-state index is 12.7. The van der Waals surface area contributed by atoms with Crippen molar-refractivity contribution < 1.29 is 9.90 Å². The molecule has 7 nitrogen and oxygen atoms in total. The number of guanidine groups is 1. The number of nitrogens with zero attached hydrogens (tertiary/aromatic N) is 3. The van der Waals surface area contributed by atoms with Crippen LogP contribution in [0.2, 0.25) is 0 Å². The molecule has 30 heavy (non-hydrogen) atoms. The van der Waals surface area contributed by atoms with Crippen LogP contribution in [-0.4, -0.2) is 45.4 Å². The highest BCUT2D eigenvalue weighted by atomic mass is 35.5. The summed E-state index contributed by atoms with van der Waals surface area (Å²) in [5.74, 6) is 1.17. The van der Waals surface area contributed by atoms with E-state index in [-0.39, 0.29) is 24.1 Å². The van der Waals surface area contributed by atoms with Crippen LogP contribution < -0.4 is 10.6 Å². The lowest BCUT2D eigenvalue weighted by Crippen LogP contribution is -2.51. The Morgan fingerprint density at radius 3 is 2.57 bits per heavy atom. The molecular formula is C21H22ClN5O2S. The van der Waals surface area contributed by atoms with Crippen molar-refractivity contribution in [2.75, 3.05) is 13.1 Å². The van der Waals surface area contributed by atoms with Gasteiger partial charge in [-0.3, -0.25) is 4.79 Å². The number of aromatic nitrogens is 2. The highest BCUT2D eigenvalue weighted by Crippen LogP contribution is 2.27. The third-order valence-corrected chi connectivity index (χ3v) is 5.35. The van der Waals surface area contributed by atoms with E-state index in [2.05, 4.69) is 25.0 Å². The molecule has 0 radical (unpaired) electrons. The smallest absolute Gasteiger partial charge is 0.232 e. The molecule has 0 spiro atoms. The van der Waals surface area contributed by atoms with Crippen LogP contribution in [0.15, 0.2) is 59.6 Å². The summed E-state index contributed by atoms with van der Waals surface area (Å²) in [4.78, 5) is 21.7. The molecule has 0 bridgehead atoms. The second-order valence-corrected chi connectivity index (χ2v) is 7.58. The first kappa shape index (κ1) is 21.9. The van der Waals surface area contributed by atoms with Crippen LogP contribution in [-0.2, 0) is 0 Å². The predicted molar refractivity (Wildman–Crippen MR) is 120 cm³/mol. The van der Waals surface area contributed by atoms with Crippen molar-refractivity contribution >= 4 is 40.8 Å². The quantitative estimate of drug-likeness (QED) is 0.524. The van der Waals surface area contributed by atoms with Gasteiger partial charge in [0.25, 0.3) is 0 Å². The van der Waals surface area contributed by atoms with Gasteiger partial charge >= 0.3 is 0 Å². The van der Waals surface area contributed by atoms with Gasteiger partial charge in [-0.2, -0.15) is 9.37 Å². The van der Waals surface area contributed by atoms with Gasteiger partial charge < -0.3 is 15.7 Å². The van der Waals surface area contributed by atoms with Crippen molar-refractivity contribution in [2.45, 2.75) is 18.9 Å². The average Bonchev–Trinajstić information content (AvgIpc) is 3.23. The fraction of sp³-hybridized carbons (Fsp3) is 0.238. The molecule has 3 N–H and O–H groups in total. The van der Waals surface area contributed by atoms with Gasteiger partial charge in [0.05, 0.1) is 6.10 Å². The first-order chi connectivity index (χ1) is 14.1. The molecule has 2 heterocycles. The van der Waals surface area contributed by atoms with E-state index in [1.54, 1.807) is 0 Å². The molecule has 1 aliphatic rings. The van der Waals surface area contributed by atoms with Crippen molar-refractivity contribution in [3.8, 4) is 0 Å². The Balaban J connectivity index is 0.00000256. The summed E-state index contributed by atoms with van der Waals surface area (Å²) in [7, 11) is 0. The van der Waals surface area contributed by atoms with Crippen molar-refractivity contribution in [1.82, 2.24) is 20.0 Å². The minimum atomic E-state index is -0.426. The van der Waals surface area contributed by atoms with Gasteiger partial charge in [0.1, 0.15) is 0 Å². The molecular weight excluding hydrogens is 422 g/mol. The van der Waals surface area contributed by atoms with E-state index >= 15 is 0 Å². The van der Waals surface area contributed by atoms with Crippen molar-refractivity contribution in [2.24, 2.45) is 4.99 Å². The highest BCUT2D eigenvalue weighted by molar-refractivity contribution is 7.09. The lowest BCUT2D eigenvalue weighted by Gasteiger charge is -2.21. The zero-order valence-corrected chi connectivity index (χ0v) is 17.9. The molecule has 0 saturated carbocycles. The minimum absolute atomic E-state index is 0. The molecule has 1 aromatic heterocycles. The van der Waals surface area contributed by atoms with E-state index in [1.165, 1.54) is 11.5 Å². The summed E-state index contributed by atoms with van der Waals surface area (Å²) in [6.45, 7) is 2.92. The topological polar surface area (TPSA) is 99.5 Å². The number of aliphatic hydroxyl groups is 1. The number of halogens is 1. The fourth-order valence-electron chi connectivity index (χ4n) is 3.04. The lowest BCUT2D eigenvalue weighted by atomic mass is 9.95. The van der Waals surface area contributed by atoms with Crippen LogP contribution in [0.1, 0.15) is 40.2 Å². The van der Waals surface area contributed by atoms with Crippen LogP contribution in [0.25, 0.3) is 0 Å². The number of hydrogen-bond acceptors (Lipinski definition) is 6. The summed E-state index contributed by atoms with van der Waals surface area (Å²) in [5, 5.41) is 16.1. The second kappa shape index (κ2) is 9.80. The average molecular weight is 444 g/mol. The molecule has 1 saturated heterocycles. The number of aliphatic hydroxyl groups excluding tert-OH is 1. The maximum absolute atomic E-state index is 12.7. The minimum Gasteiger partial charge on any atom is -0.389 e. The van der Waals surface area contributed by atoms with Gasteiger partial charge in [-0.1, -0.05) is 55.5 Å². The summed E-state index contributed by atoms with van der Waals surface area (Å²) >= 11 is 1.22. The molecule has 0 amide bonds. The van der Waals surface area contributed by atoms with E-state index in [1.807, 2.05) is 61.5 Å². The number of β-amino-alcohol motifs (C(OH)–C–C–N with tert-alkyl or cyclic N) is 1. The van der Waals surface area contributed by atoms with Crippen molar-refractivity contribution in [1.29, 1.82) is 0 Å². The molecule has 3 aromatic rings. The zero-order chi connectivity index (χ0) is 20.2. The largest absolute Gasteiger partial charge is 0.389 e. The molecule has 1 unspecified atom stereocenters. The Morgan fingerprint density at radius 1 is 1.13 bits per heavy atom. The van der Waals surface area contributed by atoms with Gasteiger partial charge in [-0.15, -0.1) is 12.4 Å². The molecule has 9 heteroatoms. The maximum Gasteiger partial charge on any atom is 0.232 e. The Morgan fingerprint density at radius 2 is 1.83 bits per heavy atom. The predicted octanol–water partition coefficient (Wildman–Crippen LogP) is 2.88. The summed E-state index contributed by atoms with van der Waals surface area (Å²) in [6, 6.07) is 16.8. The molecule has 1 aliphatic heterocycles. The first-order valence-electron chi connectivity index (χ1n) is 9.38. The molecule has 1 atom stereocenters. The molecule has 156 valence electrons. The second-order valence-electron chi connectivity index (χ2n) is 6.85. The Labute approximate surface area is 184 Å². The monoisotopic (exact) mass is 443 g/mol. The number of ketones is 1. The van der Waals surface area contributed by atoms with Crippen LogP contribution in [0.3, 0.4) is 0 Å². The zero-order valence-electron chi connectivity index (χ0n) is 16.3. The van der Waals surface area contributed by atoms with E-state index in [0.717, 1.165) is 5.56 Å².